The van der Waals surface area contributed by atoms with Crippen molar-refractivity contribution in [1.29, 1.82) is 0 Å². The second kappa shape index (κ2) is 5.31. The molecule has 2 unspecified atom stereocenters. The van der Waals surface area contributed by atoms with Gasteiger partial charge in [-0.15, -0.1) is 0 Å². The highest BCUT2D eigenvalue weighted by atomic mass is 15.1. The van der Waals surface area contributed by atoms with Crippen LogP contribution in [-0.4, -0.2) is 37.6 Å². The van der Waals surface area contributed by atoms with Crippen LogP contribution in [0.2, 0.25) is 0 Å². The molecule has 0 radical (unpaired) electrons. The van der Waals surface area contributed by atoms with Crippen LogP contribution < -0.4 is 5.32 Å². The molecule has 0 saturated carbocycles. The van der Waals surface area contributed by atoms with Crippen molar-refractivity contribution in [2.24, 2.45) is 11.3 Å². The zero-order chi connectivity index (χ0) is 11.5. The number of hydrogen-bond donors (Lipinski definition) is 1. The highest BCUT2D eigenvalue weighted by Gasteiger charge is 2.23. The molecule has 1 heterocycles. The summed E-state index contributed by atoms with van der Waals surface area (Å²) in [6, 6.07) is 0.659. The molecule has 0 spiro atoms. The lowest BCUT2D eigenvalue weighted by molar-refractivity contribution is 0.173. The lowest BCUT2D eigenvalue weighted by Crippen LogP contribution is -2.45. The molecule has 1 rings (SSSR count). The number of nitrogens with one attached hydrogen (secondary N) is 1. The van der Waals surface area contributed by atoms with Crippen molar-refractivity contribution < 1.29 is 0 Å². The zero-order valence-corrected chi connectivity index (χ0v) is 11.1. The Hall–Kier alpha value is -0.0800. The molecular formula is C13H28N2. The molecule has 1 saturated heterocycles. The van der Waals surface area contributed by atoms with Crippen LogP contribution in [0.1, 0.15) is 40.5 Å². The van der Waals surface area contributed by atoms with Crippen LogP contribution in [0.25, 0.3) is 0 Å². The van der Waals surface area contributed by atoms with Gasteiger partial charge in [0.05, 0.1) is 0 Å². The maximum atomic E-state index is 3.69. The van der Waals surface area contributed by atoms with Crippen molar-refractivity contribution in [3.8, 4) is 0 Å². The summed E-state index contributed by atoms with van der Waals surface area (Å²) in [6.07, 6.45) is 2.76. The van der Waals surface area contributed by atoms with Crippen molar-refractivity contribution >= 4 is 0 Å². The molecule has 2 nitrogen and oxygen atoms in total. The van der Waals surface area contributed by atoms with E-state index in [2.05, 4.69) is 45.0 Å². The number of piperidine rings is 1. The molecule has 1 N–H and O–H groups in total. The maximum Gasteiger partial charge on any atom is 0.00794 e. The van der Waals surface area contributed by atoms with E-state index in [4.69, 9.17) is 0 Å². The fourth-order valence-electron chi connectivity index (χ4n) is 2.25. The number of rotatable bonds is 3. The Morgan fingerprint density at radius 2 is 2.07 bits per heavy atom. The number of nitrogens with zero attached hydrogens (tertiary/aromatic N) is 1. The molecule has 1 aliphatic rings. The van der Waals surface area contributed by atoms with Gasteiger partial charge in [-0.05, 0) is 44.7 Å². The van der Waals surface area contributed by atoms with Gasteiger partial charge in [-0.25, -0.2) is 0 Å². The van der Waals surface area contributed by atoms with E-state index in [1.807, 2.05) is 0 Å². The van der Waals surface area contributed by atoms with Crippen LogP contribution in [0.4, 0.5) is 0 Å². The van der Waals surface area contributed by atoms with Gasteiger partial charge in [0, 0.05) is 19.1 Å². The van der Waals surface area contributed by atoms with Gasteiger partial charge in [0.2, 0.25) is 0 Å². The topological polar surface area (TPSA) is 15.3 Å². The van der Waals surface area contributed by atoms with Gasteiger partial charge in [0.1, 0.15) is 0 Å². The Kier molecular flexibility index (Phi) is 4.60. The summed E-state index contributed by atoms with van der Waals surface area (Å²) < 4.78 is 0. The quantitative estimate of drug-likeness (QED) is 0.772. The van der Waals surface area contributed by atoms with Crippen LogP contribution in [0.3, 0.4) is 0 Å². The Bertz CT molecular complexity index is 183. The number of likely N-dealkylation sites (tertiary alicyclic amines) is 1. The highest BCUT2D eigenvalue weighted by Crippen LogP contribution is 2.19. The van der Waals surface area contributed by atoms with Gasteiger partial charge in [-0.3, -0.25) is 0 Å². The fourth-order valence-corrected chi connectivity index (χ4v) is 2.25. The summed E-state index contributed by atoms with van der Waals surface area (Å²) in [5, 5.41) is 3.69. The van der Waals surface area contributed by atoms with E-state index in [1.165, 1.54) is 25.9 Å². The van der Waals surface area contributed by atoms with E-state index in [0.29, 0.717) is 11.5 Å². The van der Waals surface area contributed by atoms with Crippen LogP contribution in [-0.2, 0) is 0 Å². The van der Waals surface area contributed by atoms with E-state index in [-0.39, 0.29) is 0 Å². The smallest absolute Gasteiger partial charge is 0.00794 e. The third kappa shape index (κ3) is 4.98. The first-order chi connectivity index (χ1) is 6.88. The molecule has 0 aliphatic carbocycles. The number of hydrogen-bond acceptors (Lipinski definition) is 2. The lowest BCUT2D eigenvalue weighted by Gasteiger charge is -2.35. The van der Waals surface area contributed by atoms with Gasteiger partial charge in [0.25, 0.3) is 0 Å². The van der Waals surface area contributed by atoms with Crippen LogP contribution >= 0.6 is 0 Å². The van der Waals surface area contributed by atoms with E-state index in [1.54, 1.807) is 0 Å². The summed E-state index contributed by atoms with van der Waals surface area (Å²) in [6.45, 7) is 12.9. The third-order valence-electron chi connectivity index (χ3n) is 3.32. The molecular weight excluding hydrogens is 184 g/mol. The maximum absolute atomic E-state index is 3.69. The average Bonchev–Trinajstić information content (AvgIpc) is 2.13. The second-order valence-corrected chi connectivity index (χ2v) is 6.39. The molecule has 0 aromatic rings. The fraction of sp³-hybridized carbons (Fsp3) is 1.00. The third-order valence-corrected chi connectivity index (χ3v) is 3.32. The summed E-state index contributed by atoms with van der Waals surface area (Å²) in [4.78, 5) is 2.46. The van der Waals surface area contributed by atoms with E-state index in [0.717, 1.165) is 12.5 Å². The van der Waals surface area contributed by atoms with Crippen molar-refractivity contribution in [2.75, 3.05) is 26.7 Å². The molecule has 1 fully saturated rings. The largest absolute Gasteiger partial charge is 0.313 e. The predicted molar refractivity (Wildman–Crippen MR) is 67.1 cm³/mol. The van der Waals surface area contributed by atoms with E-state index >= 15 is 0 Å². The second-order valence-electron chi connectivity index (χ2n) is 6.39. The Labute approximate surface area is 95.4 Å². The summed E-state index contributed by atoms with van der Waals surface area (Å²) in [5.74, 6) is 0.839. The van der Waals surface area contributed by atoms with E-state index in [9.17, 15) is 0 Å². The SMILES string of the molecule is CC(NCC(C)(C)C)C1CCCN(C)C1. The van der Waals surface area contributed by atoms with Gasteiger partial charge < -0.3 is 10.2 Å². The van der Waals surface area contributed by atoms with Crippen molar-refractivity contribution in [3.63, 3.8) is 0 Å². The van der Waals surface area contributed by atoms with Crippen LogP contribution in [0.15, 0.2) is 0 Å². The molecule has 0 aromatic heterocycles. The lowest BCUT2D eigenvalue weighted by atomic mass is 9.90. The zero-order valence-electron chi connectivity index (χ0n) is 11.1. The standard InChI is InChI=1S/C13H28N2/c1-11(14-10-13(2,3)4)12-7-6-8-15(5)9-12/h11-12,14H,6-10H2,1-5H3. The summed E-state index contributed by atoms with van der Waals surface area (Å²) in [7, 11) is 2.24. The highest BCUT2D eigenvalue weighted by molar-refractivity contribution is 4.80. The van der Waals surface area contributed by atoms with Gasteiger partial charge in [-0.2, -0.15) is 0 Å². The van der Waals surface area contributed by atoms with Crippen molar-refractivity contribution in [2.45, 2.75) is 46.6 Å². The molecule has 1 aliphatic heterocycles. The van der Waals surface area contributed by atoms with Crippen molar-refractivity contribution in [3.05, 3.63) is 0 Å². The first kappa shape index (κ1) is 13.0. The molecule has 15 heavy (non-hydrogen) atoms. The van der Waals surface area contributed by atoms with E-state index < -0.39 is 0 Å². The summed E-state index contributed by atoms with van der Waals surface area (Å²) >= 11 is 0. The molecule has 0 aromatic carbocycles. The molecule has 2 atom stereocenters. The van der Waals surface area contributed by atoms with Gasteiger partial charge in [-0.1, -0.05) is 20.8 Å². The molecule has 90 valence electrons. The van der Waals surface area contributed by atoms with Crippen LogP contribution in [0, 0.1) is 11.3 Å². The summed E-state index contributed by atoms with van der Waals surface area (Å²) in [5.41, 5.74) is 0.398. The first-order valence-electron chi connectivity index (χ1n) is 6.30. The minimum absolute atomic E-state index is 0.398. The Morgan fingerprint density at radius 3 is 2.60 bits per heavy atom. The average molecular weight is 212 g/mol. The van der Waals surface area contributed by atoms with Crippen LogP contribution in [0.5, 0.6) is 0 Å². The van der Waals surface area contributed by atoms with Crippen molar-refractivity contribution in [1.82, 2.24) is 10.2 Å². The Morgan fingerprint density at radius 1 is 1.40 bits per heavy atom. The monoisotopic (exact) mass is 212 g/mol. The Balaban J connectivity index is 2.29. The molecule has 0 amide bonds. The van der Waals surface area contributed by atoms with Gasteiger partial charge >= 0.3 is 0 Å². The predicted octanol–water partition coefficient (Wildman–Crippen LogP) is 2.35. The normalized spacial score (nSPS) is 26.6. The minimum Gasteiger partial charge on any atom is -0.313 e. The first-order valence-corrected chi connectivity index (χ1v) is 6.30. The minimum atomic E-state index is 0.398. The van der Waals surface area contributed by atoms with Gasteiger partial charge in [0.15, 0.2) is 0 Å². The molecule has 2 heteroatoms. The molecule has 0 bridgehead atoms.